The lowest BCUT2D eigenvalue weighted by Crippen LogP contribution is -2.31. The van der Waals surface area contributed by atoms with Crippen molar-refractivity contribution in [2.24, 2.45) is 0 Å². The molecule has 0 fully saturated rings. The average molecular weight is 304 g/mol. The Morgan fingerprint density at radius 2 is 2.10 bits per heavy atom. The van der Waals surface area contributed by atoms with Crippen LogP contribution in [0.25, 0.3) is 0 Å². The summed E-state index contributed by atoms with van der Waals surface area (Å²) in [6.07, 6.45) is 0. The maximum atomic E-state index is 11.8. The van der Waals surface area contributed by atoms with Crippen molar-refractivity contribution in [3.63, 3.8) is 0 Å². The number of nitrogens with zero attached hydrogens (tertiary/aromatic N) is 1. The standard InChI is InChI=1S/C12H17N3O4.ClH/c1-3-13-6-7-14-12(16)9-4-5-10(15(17)18)11(8-9)19-2;/h4-5,8,13H,3,6-7H2,1-2H3,(H,14,16);1H. The number of hydrogen-bond acceptors (Lipinski definition) is 5. The molecule has 0 aliphatic heterocycles. The van der Waals surface area contributed by atoms with E-state index in [1.54, 1.807) is 0 Å². The van der Waals surface area contributed by atoms with Crippen LogP contribution in [0.2, 0.25) is 0 Å². The van der Waals surface area contributed by atoms with E-state index in [1.807, 2.05) is 6.92 Å². The molecule has 2 N–H and O–H groups in total. The average Bonchev–Trinajstić information content (AvgIpc) is 2.42. The van der Waals surface area contributed by atoms with Crippen molar-refractivity contribution in [1.82, 2.24) is 10.6 Å². The molecular weight excluding hydrogens is 286 g/mol. The van der Waals surface area contributed by atoms with E-state index in [1.165, 1.54) is 25.3 Å². The molecule has 8 heteroatoms. The van der Waals surface area contributed by atoms with Crippen molar-refractivity contribution in [3.8, 4) is 5.75 Å². The van der Waals surface area contributed by atoms with E-state index in [4.69, 9.17) is 4.74 Å². The smallest absolute Gasteiger partial charge is 0.310 e. The molecule has 0 saturated heterocycles. The van der Waals surface area contributed by atoms with Gasteiger partial charge < -0.3 is 15.4 Å². The number of likely N-dealkylation sites (N-methyl/N-ethyl adjacent to an activating group) is 1. The summed E-state index contributed by atoms with van der Waals surface area (Å²) in [6, 6.07) is 4.03. The third kappa shape index (κ3) is 5.02. The van der Waals surface area contributed by atoms with E-state index < -0.39 is 4.92 Å². The minimum absolute atomic E-state index is 0. The third-order valence-corrected chi connectivity index (χ3v) is 2.48. The molecule has 1 rings (SSSR count). The molecule has 0 aliphatic rings. The number of carbonyl (C=O) groups is 1. The summed E-state index contributed by atoms with van der Waals surface area (Å²) < 4.78 is 4.91. The monoisotopic (exact) mass is 303 g/mol. The summed E-state index contributed by atoms with van der Waals surface area (Å²) in [6.45, 7) is 3.97. The normalized spacial score (nSPS) is 9.50. The highest BCUT2D eigenvalue weighted by atomic mass is 35.5. The van der Waals surface area contributed by atoms with Gasteiger partial charge in [0.1, 0.15) is 0 Å². The number of nitrogens with one attached hydrogen (secondary N) is 2. The topological polar surface area (TPSA) is 93.5 Å². The van der Waals surface area contributed by atoms with E-state index in [9.17, 15) is 14.9 Å². The van der Waals surface area contributed by atoms with Crippen molar-refractivity contribution in [3.05, 3.63) is 33.9 Å². The van der Waals surface area contributed by atoms with Crippen molar-refractivity contribution in [1.29, 1.82) is 0 Å². The summed E-state index contributed by atoms with van der Waals surface area (Å²) in [5.74, 6) is -0.213. The van der Waals surface area contributed by atoms with Gasteiger partial charge >= 0.3 is 5.69 Å². The van der Waals surface area contributed by atoms with Gasteiger partial charge in [0.2, 0.25) is 0 Å². The lowest BCUT2D eigenvalue weighted by Gasteiger charge is -2.07. The number of ether oxygens (including phenoxy) is 1. The first-order valence-corrected chi connectivity index (χ1v) is 5.91. The van der Waals surface area contributed by atoms with Crippen molar-refractivity contribution in [2.75, 3.05) is 26.7 Å². The fourth-order valence-corrected chi connectivity index (χ4v) is 1.51. The molecule has 112 valence electrons. The Morgan fingerprint density at radius 3 is 2.65 bits per heavy atom. The van der Waals surface area contributed by atoms with Crippen LogP contribution < -0.4 is 15.4 Å². The maximum Gasteiger partial charge on any atom is 0.310 e. The Labute approximate surface area is 123 Å². The van der Waals surface area contributed by atoms with Crippen LogP contribution in [0.3, 0.4) is 0 Å². The number of benzene rings is 1. The molecule has 0 aliphatic carbocycles. The van der Waals surface area contributed by atoms with Gasteiger partial charge in [-0.3, -0.25) is 14.9 Å². The van der Waals surface area contributed by atoms with Crippen LogP contribution in [-0.2, 0) is 0 Å². The van der Waals surface area contributed by atoms with Gasteiger partial charge in [-0.25, -0.2) is 0 Å². The van der Waals surface area contributed by atoms with E-state index in [2.05, 4.69) is 10.6 Å². The predicted molar refractivity (Wildman–Crippen MR) is 77.8 cm³/mol. The zero-order valence-electron chi connectivity index (χ0n) is 11.3. The molecular formula is C12H18ClN3O4. The molecule has 0 spiro atoms. The number of halogens is 1. The van der Waals surface area contributed by atoms with Crippen LogP contribution >= 0.6 is 12.4 Å². The number of nitro benzene ring substituents is 1. The van der Waals surface area contributed by atoms with Crippen LogP contribution in [0.15, 0.2) is 18.2 Å². The SMILES string of the molecule is CCNCCNC(=O)c1ccc([N+](=O)[O-])c(OC)c1.Cl. The molecule has 1 amide bonds. The Morgan fingerprint density at radius 1 is 1.40 bits per heavy atom. The first-order chi connectivity index (χ1) is 9.10. The second-order valence-electron chi connectivity index (χ2n) is 3.75. The number of amides is 1. The Kier molecular flexibility index (Phi) is 8.26. The van der Waals surface area contributed by atoms with E-state index in [-0.39, 0.29) is 29.8 Å². The van der Waals surface area contributed by atoms with Crippen molar-refractivity contribution >= 4 is 24.0 Å². The zero-order chi connectivity index (χ0) is 14.3. The van der Waals surface area contributed by atoms with E-state index in [0.29, 0.717) is 18.7 Å². The van der Waals surface area contributed by atoms with Crippen LogP contribution in [0.4, 0.5) is 5.69 Å². The number of carbonyl (C=O) groups excluding carboxylic acids is 1. The first kappa shape index (κ1) is 18.1. The van der Waals surface area contributed by atoms with Gasteiger partial charge in [0.05, 0.1) is 12.0 Å². The summed E-state index contributed by atoms with van der Waals surface area (Å²) in [5.41, 5.74) is 0.172. The quantitative estimate of drug-likeness (QED) is 0.451. The largest absolute Gasteiger partial charge is 0.490 e. The molecule has 7 nitrogen and oxygen atoms in total. The second-order valence-corrected chi connectivity index (χ2v) is 3.75. The first-order valence-electron chi connectivity index (χ1n) is 5.91. The molecule has 0 aromatic heterocycles. The van der Waals surface area contributed by atoms with Gasteiger partial charge in [-0.05, 0) is 12.6 Å². The highest BCUT2D eigenvalue weighted by molar-refractivity contribution is 5.95. The van der Waals surface area contributed by atoms with Crippen LogP contribution in [-0.4, -0.2) is 37.6 Å². The Bertz CT molecular complexity index is 468. The van der Waals surface area contributed by atoms with Gasteiger partial charge in [-0.2, -0.15) is 0 Å². The lowest BCUT2D eigenvalue weighted by molar-refractivity contribution is -0.385. The molecule has 0 saturated carbocycles. The highest BCUT2D eigenvalue weighted by Gasteiger charge is 2.17. The van der Waals surface area contributed by atoms with Gasteiger partial charge in [0.25, 0.3) is 5.91 Å². The molecule has 0 bridgehead atoms. The van der Waals surface area contributed by atoms with Gasteiger partial charge in [-0.15, -0.1) is 12.4 Å². The number of rotatable bonds is 7. The fraction of sp³-hybridized carbons (Fsp3) is 0.417. The predicted octanol–water partition coefficient (Wildman–Crippen LogP) is 1.36. The Balaban J connectivity index is 0.00000361. The molecule has 0 atom stereocenters. The summed E-state index contributed by atoms with van der Waals surface area (Å²) in [7, 11) is 1.33. The van der Waals surface area contributed by atoms with Crippen LogP contribution in [0, 0.1) is 10.1 Å². The highest BCUT2D eigenvalue weighted by Crippen LogP contribution is 2.27. The lowest BCUT2D eigenvalue weighted by atomic mass is 10.1. The number of hydrogen-bond donors (Lipinski definition) is 2. The zero-order valence-corrected chi connectivity index (χ0v) is 12.2. The van der Waals surface area contributed by atoms with Gasteiger partial charge in [-0.1, -0.05) is 6.92 Å². The fourth-order valence-electron chi connectivity index (χ4n) is 1.51. The van der Waals surface area contributed by atoms with Crippen LogP contribution in [0.5, 0.6) is 5.75 Å². The molecule has 0 unspecified atom stereocenters. The third-order valence-electron chi connectivity index (χ3n) is 2.48. The molecule has 0 radical (unpaired) electrons. The summed E-state index contributed by atoms with van der Waals surface area (Å²) in [5, 5.41) is 16.5. The van der Waals surface area contributed by atoms with E-state index in [0.717, 1.165) is 6.54 Å². The van der Waals surface area contributed by atoms with E-state index >= 15 is 0 Å². The van der Waals surface area contributed by atoms with Gasteiger partial charge in [0, 0.05) is 30.8 Å². The van der Waals surface area contributed by atoms with Crippen molar-refractivity contribution < 1.29 is 14.5 Å². The number of methoxy groups -OCH3 is 1. The van der Waals surface area contributed by atoms with Crippen molar-refractivity contribution in [2.45, 2.75) is 6.92 Å². The van der Waals surface area contributed by atoms with Gasteiger partial charge in [0.15, 0.2) is 5.75 Å². The second kappa shape index (κ2) is 9.11. The summed E-state index contributed by atoms with van der Waals surface area (Å²) in [4.78, 5) is 22.0. The minimum Gasteiger partial charge on any atom is -0.490 e. The Hall–Kier alpha value is -1.86. The molecule has 1 aromatic rings. The number of nitro groups is 1. The minimum atomic E-state index is -0.550. The molecule has 20 heavy (non-hydrogen) atoms. The molecule has 0 heterocycles. The molecule has 1 aromatic carbocycles. The maximum absolute atomic E-state index is 11.8. The summed E-state index contributed by atoms with van der Waals surface area (Å²) >= 11 is 0. The van der Waals surface area contributed by atoms with Crippen LogP contribution in [0.1, 0.15) is 17.3 Å².